The van der Waals surface area contributed by atoms with Crippen LogP contribution >= 0.6 is 24.0 Å². The summed E-state index contributed by atoms with van der Waals surface area (Å²) < 4.78 is 7.75. The third kappa shape index (κ3) is 5.81. The zero-order valence-corrected chi connectivity index (χ0v) is 18.1. The standard InChI is InChI=1S/C19H24N6O.HI/c1-14-10-15(2)12-16(11-14)26-9-7-21-19(20-3)22-13-18-24-23-17-6-4-5-8-25(17)18;/h4-6,8,10-12H,7,9,13H2,1-3H3,(H2,20,21,22);1H. The van der Waals surface area contributed by atoms with Gasteiger partial charge in [-0.05, 0) is 49.2 Å². The van der Waals surface area contributed by atoms with Crippen molar-refractivity contribution < 1.29 is 4.74 Å². The van der Waals surface area contributed by atoms with Crippen LogP contribution in [0.2, 0.25) is 0 Å². The van der Waals surface area contributed by atoms with Gasteiger partial charge in [-0.25, -0.2) is 0 Å². The lowest BCUT2D eigenvalue weighted by molar-refractivity contribution is 0.321. The van der Waals surface area contributed by atoms with Crippen LogP contribution in [0.25, 0.3) is 5.65 Å². The second-order valence-electron chi connectivity index (χ2n) is 6.07. The molecule has 3 aromatic rings. The number of pyridine rings is 1. The van der Waals surface area contributed by atoms with Crippen molar-refractivity contribution in [1.82, 2.24) is 25.2 Å². The van der Waals surface area contributed by atoms with Crippen LogP contribution in [-0.2, 0) is 6.54 Å². The number of fused-ring (bicyclic) bond motifs is 1. The van der Waals surface area contributed by atoms with E-state index < -0.39 is 0 Å². The monoisotopic (exact) mass is 480 g/mol. The Morgan fingerprint density at radius 1 is 1.11 bits per heavy atom. The molecule has 8 heteroatoms. The van der Waals surface area contributed by atoms with E-state index in [9.17, 15) is 0 Å². The lowest BCUT2D eigenvalue weighted by Crippen LogP contribution is -2.39. The maximum Gasteiger partial charge on any atom is 0.191 e. The number of guanidine groups is 1. The Morgan fingerprint density at radius 2 is 1.89 bits per heavy atom. The number of aliphatic imine (C=N–C) groups is 1. The minimum atomic E-state index is 0. The SMILES string of the molecule is CN=C(NCCOc1cc(C)cc(C)c1)NCc1nnc2ccccn12.I. The number of nitrogens with zero attached hydrogens (tertiary/aromatic N) is 4. The predicted molar refractivity (Wildman–Crippen MR) is 118 cm³/mol. The van der Waals surface area contributed by atoms with E-state index in [1.54, 1.807) is 7.05 Å². The zero-order chi connectivity index (χ0) is 18.4. The van der Waals surface area contributed by atoms with Gasteiger partial charge in [0.1, 0.15) is 12.4 Å². The number of nitrogens with one attached hydrogen (secondary N) is 2. The van der Waals surface area contributed by atoms with E-state index in [4.69, 9.17) is 4.74 Å². The molecular formula is C19H25IN6O. The average Bonchev–Trinajstić information content (AvgIpc) is 3.03. The van der Waals surface area contributed by atoms with Gasteiger partial charge in [0.05, 0.1) is 13.1 Å². The van der Waals surface area contributed by atoms with Gasteiger partial charge >= 0.3 is 0 Å². The number of aromatic nitrogens is 3. The van der Waals surface area contributed by atoms with Crippen molar-refractivity contribution in [2.45, 2.75) is 20.4 Å². The lowest BCUT2D eigenvalue weighted by Gasteiger charge is -2.12. The van der Waals surface area contributed by atoms with Gasteiger partial charge in [0.2, 0.25) is 0 Å². The minimum absolute atomic E-state index is 0. The smallest absolute Gasteiger partial charge is 0.191 e. The molecule has 0 bridgehead atoms. The minimum Gasteiger partial charge on any atom is -0.492 e. The summed E-state index contributed by atoms with van der Waals surface area (Å²) in [6.45, 7) is 5.86. The Hall–Kier alpha value is -2.36. The molecular weight excluding hydrogens is 455 g/mol. The van der Waals surface area contributed by atoms with Gasteiger partial charge in [0.15, 0.2) is 17.4 Å². The molecule has 0 atom stereocenters. The fraction of sp³-hybridized carbons (Fsp3) is 0.316. The van der Waals surface area contributed by atoms with Gasteiger partial charge in [-0.2, -0.15) is 0 Å². The van der Waals surface area contributed by atoms with Gasteiger partial charge in [-0.3, -0.25) is 9.39 Å². The highest BCUT2D eigenvalue weighted by atomic mass is 127. The molecule has 144 valence electrons. The Morgan fingerprint density at radius 3 is 2.63 bits per heavy atom. The van der Waals surface area contributed by atoms with Gasteiger partial charge < -0.3 is 15.4 Å². The van der Waals surface area contributed by atoms with Gasteiger partial charge in [0, 0.05) is 13.2 Å². The van der Waals surface area contributed by atoms with Crippen molar-refractivity contribution in [3.63, 3.8) is 0 Å². The fourth-order valence-electron chi connectivity index (χ4n) is 2.75. The van der Waals surface area contributed by atoms with E-state index in [-0.39, 0.29) is 24.0 Å². The molecule has 0 spiro atoms. The first-order valence-corrected chi connectivity index (χ1v) is 8.60. The maximum atomic E-state index is 5.80. The number of benzene rings is 1. The summed E-state index contributed by atoms with van der Waals surface area (Å²) in [5.41, 5.74) is 3.23. The Balaban J connectivity index is 0.00000261. The molecule has 0 fully saturated rings. The molecule has 27 heavy (non-hydrogen) atoms. The van der Waals surface area contributed by atoms with Gasteiger partial charge in [0.25, 0.3) is 0 Å². The molecule has 2 aromatic heterocycles. The molecule has 0 aliphatic carbocycles. The normalized spacial score (nSPS) is 11.1. The second-order valence-corrected chi connectivity index (χ2v) is 6.07. The highest BCUT2D eigenvalue weighted by Gasteiger charge is 2.05. The Labute approximate surface area is 176 Å². The number of rotatable bonds is 6. The van der Waals surface area contributed by atoms with Crippen LogP contribution in [0.1, 0.15) is 17.0 Å². The number of ether oxygens (including phenoxy) is 1. The molecule has 7 nitrogen and oxygen atoms in total. The Bertz CT molecular complexity index is 888. The molecule has 0 aliphatic heterocycles. The van der Waals surface area contributed by atoms with Crippen molar-refractivity contribution in [2.24, 2.45) is 4.99 Å². The number of hydrogen-bond donors (Lipinski definition) is 2. The van der Waals surface area contributed by atoms with Gasteiger partial charge in [-0.15, -0.1) is 34.2 Å². The first-order chi connectivity index (χ1) is 12.7. The fourth-order valence-corrected chi connectivity index (χ4v) is 2.75. The molecule has 0 radical (unpaired) electrons. The molecule has 2 N–H and O–H groups in total. The summed E-state index contributed by atoms with van der Waals surface area (Å²) in [6, 6.07) is 12.0. The van der Waals surface area contributed by atoms with Crippen molar-refractivity contribution in [3.05, 3.63) is 59.5 Å². The van der Waals surface area contributed by atoms with Crippen LogP contribution in [0, 0.1) is 13.8 Å². The maximum absolute atomic E-state index is 5.80. The largest absolute Gasteiger partial charge is 0.492 e. The zero-order valence-electron chi connectivity index (χ0n) is 15.8. The summed E-state index contributed by atoms with van der Waals surface area (Å²) in [6.07, 6.45) is 1.94. The van der Waals surface area contributed by atoms with Crippen LogP contribution in [0.3, 0.4) is 0 Å². The van der Waals surface area contributed by atoms with E-state index in [0.717, 1.165) is 17.2 Å². The molecule has 0 unspecified atom stereocenters. The number of halogens is 1. The lowest BCUT2D eigenvalue weighted by atomic mass is 10.1. The molecule has 0 saturated heterocycles. The second kappa shape index (κ2) is 10.1. The Kier molecular flexibility index (Phi) is 7.83. The summed E-state index contributed by atoms with van der Waals surface area (Å²) in [4.78, 5) is 4.22. The summed E-state index contributed by atoms with van der Waals surface area (Å²) in [5, 5.41) is 14.8. The van der Waals surface area contributed by atoms with E-state index in [2.05, 4.69) is 45.7 Å². The third-order valence-electron chi connectivity index (χ3n) is 3.88. The predicted octanol–water partition coefficient (Wildman–Crippen LogP) is 2.71. The van der Waals surface area contributed by atoms with Crippen LogP contribution in [0.4, 0.5) is 0 Å². The average molecular weight is 480 g/mol. The highest BCUT2D eigenvalue weighted by Crippen LogP contribution is 2.15. The van der Waals surface area contributed by atoms with E-state index in [1.165, 1.54) is 11.1 Å². The third-order valence-corrected chi connectivity index (χ3v) is 3.88. The topological polar surface area (TPSA) is 75.8 Å². The quantitative estimate of drug-likeness (QED) is 0.246. The van der Waals surface area contributed by atoms with Crippen molar-refractivity contribution in [2.75, 3.05) is 20.2 Å². The number of aryl methyl sites for hydroxylation is 2. The van der Waals surface area contributed by atoms with Crippen molar-refractivity contribution in [1.29, 1.82) is 0 Å². The van der Waals surface area contributed by atoms with Crippen molar-refractivity contribution >= 4 is 35.6 Å². The van der Waals surface area contributed by atoms with E-state index >= 15 is 0 Å². The summed E-state index contributed by atoms with van der Waals surface area (Å²) >= 11 is 0. The molecule has 2 heterocycles. The number of hydrogen-bond acceptors (Lipinski definition) is 4. The molecule has 1 aromatic carbocycles. The van der Waals surface area contributed by atoms with Crippen molar-refractivity contribution in [3.8, 4) is 5.75 Å². The molecule has 0 saturated carbocycles. The highest BCUT2D eigenvalue weighted by molar-refractivity contribution is 14.0. The van der Waals surface area contributed by atoms with Crippen LogP contribution in [-0.4, -0.2) is 40.8 Å². The van der Waals surface area contributed by atoms with Crippen LogP contribution < -0.4 is 15.4 Å². The van der Waals surface area contributed by atoms with Gasteiger partial charge in [-0.1, -0.05) is 12.1 Å². The first-order valence-electron chi connectivity index (χ1n) is 8.60. The molecule has 0 aliphatic rings. The van der Waals surface area contributed by atoms with Crippen LogP contribution in [0.15, 0.2) is 47.6 Å². The molecule has 3 rings (SSSR count). The van der Waals surface area contributed by atoms with E-state index in [1.807, 2.05) is 40.9 Å². The molecule has 0 amide bonds. The summed E-state index contributed by atoms with van der Waals surface area (Å²) in [5.74, 6) is 2.42. The van der Waals surface area contributed by atoms with Crippen LogP contribution in [0.5, 0.6) is 5.75 Å². The summed E-state index contributed by atoms with van der Waals surface area (Å²) in [7, 11) is 1.74. The van der Waals surface area contributed by atoms with E-state index in [0.29, 0.717) is 25.7 Å². The first kappa shape index (κ1) is 20.9.